The van der Waals surface area contributed by atoms with Gasteiger partial charge in [0.05, 0.1) is 17.1 Å². The molecule has 0 radical (unpaired) electrons. The van der Waals surface area contributed by atoms with Gasteiger partial charge in [-0.3, -0.25) is 4.79 Å². The molecule has 84 valence electrons. The average Bonchev–Trinajstić information content (AvgIpc) is 2.69. The number of carboxylic acids is 1. The van der Waals surface area contributed by atoms with Gasteiger partial charge in [-0.15, -0.1) is 0 Å². The molecule has 0 spiro atoms. The van der Waals surface area contributed by atoms with Crippen molar-refractivity contribution in [1.29, 1.82) is 0 Å². The first-order valence-corrected chi connectivity index (χ1v) is 4.80. The number of aromatic amines is 1. The predicted octanol–water partition coefficient (Wildman–Crippen LogP) is 1.37. The average molecular weight is 230 g/mol. The van der Waals surface area contributed by atoms with Crippen LogP contribution in [-0.4, -0.2) is 21.3 Å². The van der Waals surface area contributed by atoms with E-state index < -0.39 is 11.5 Å². The molecule has 0 atom stereocenters. The lowest BCUT2D eigenvalue weighted by molar-refractivity contribution is 0.0699. The van der Waals surface area contributed by atoms with Crippen LogP contribution in [0.4, 0.5) is 0 Å². The van der Waals surface area contributed by atoms with E-state index in [0.29, 0.717) is 16.4 Å². The Morgan fingerprint density at radius 2 is 2.24 bits per heavy atom. The first kappa shape index (κ1) is 9.59. The number of nitrogens with one attached hydrogen (secondary N) is 1. The molecule has 0 bridgehead atoms. The van der Waals surface area contributed by atoms with Gasteiger partial charge in [-0.05, 0) is 12.1 Å². The van der Waals surface area contributed by atoms with E-state index in [1.807, 2.05) is 0 Å². The zero-order valence-corrected chi connectivity index (χ0v) is 8.43. The van der Waals surface area contributed by atoms with Crippen LogP contribution in [0.2, 0.25) is 0 Å². The molecule has 6 heteroatoms. The number of rotatable bonds is 1. The molecule has 2 heterocycles. The Bertz CT molecular complexity index is 800. The lowest BCUT2D eigenvalue weighted by Gasteiger charge is -1.95. The molecule has 0 fully saturated rings. The topological polar surface area (TPSA) is 96.2 Å². The summed E-state index contributed by atoms with van der Waals surface area (Å²) in [5.41, 5.74) is 0.0609. The zero-order chi connectivity index (χ0) is 12.0. The molecular formula is C11H6N2O4. The minimum Gasteiger partial charge on any atom is -0.478 e. The summed E-state index contributed by atoms with van der Waals surface area (Å²) < 4.78 is 5.33. The largest absolute Gasteiger partial charge is 0.478 e. The lowest BCUT2D eigenvalue weighted by Crippen LogP contribution is -2.05. The van der Waals surface area contributed by atoms with E-state index in [1.54, 1.807) is 12.1 Å². The standard InChI is InChI=1S/C11H6N2O4/c14-10-9-6(4-12-13-10)8-5(11(15)16)2-1-3-7(8)17-9/h1-4H,(H,13,14)(H,15,16). The molecule has 0 saturated heterocycles. The Balaban J connectivity index is 2.63. The maximum absolute atomic E-state index is 11.5. The number of nitrogens with zero attached hydrogens (tertiary/aromatic N) is 1. The molecule has 2 aromatic heterocycles. The Labute approximate surface area is 93.5 Å². The van der Waals surface area contributed by atoms with Crippen LogP contribution < -0.4 is 5.56 Å². The SMILES string of the molecule is O=C(O)c1cccc2oc3c(=O)[nH]ncc3c12. The summed E-state index contributed by atoms with van der Waals surface area (Å²) in [6, 6.07) is 4.64. The fourth-order valence-electron chi connectivity index (χ4n) is 1.85. The third-order valence-corrected chi connectivity index (χ3v) is 2.55. The van der Waals surface area contributed by atoms with Crippen molar-refractivity contribution >= 4 is 27.9 Å². The number of carbonyl (C=O) groups is 1. The van der Waals surface area contributed by atoms with Crippen molar-refractivity contribution in [2.45, 2.75) is 0 Å². The minimum absolute atomic E-state index is 0.0868. The maximum atomic E-state index is 11.5. The van der Waals surface area contributed by atoms with Crippen LogP contribution in [-0.2, 0) is 0 Å². The third-order valence-electron chi connectivity index (χ3n) is 2.55. The van der Waals surface area contributed by atoms with Gasteiger partial charge < -0.3 is 9.52 Å². The first-order chi connectivity index (χ1) is 8.18. The van der Waals surface area contributed by atoms with Gasteiger partial charge in [0.25, 0.3) is 0 Å². The summed E-state index contributed by atoms with van der Waals surface area (Å²) >= 11 is 0. The molecule has 2 N–H and O–H groups in total. The van der Waals surface area contributed by atoms with Crippen molar-refractivity contribution in [3.8, 4) is 0 Å². The number of hydrogen-bond acceptors (Lipinski definition) is 4. The van der Waals surface area contributed by atoms with Crippen LogP contribution >= 0.6 is 0 Å². The van der Waals surface area contributed by atoms with Gasteiger partial charge in [0.2, 0.25) is 5.58 Å². The van der Waals surface area contributed by atoms with Crippen LogP contribution in [0.3, 0.4) is 0 Å². The van der Waals surface area contributed by atoms with Crippen LogP contribution in [0.15, 0.2) is 33.6 Å². The summed E-state index contributed by atoms with van der Waals surface area (Å²) in [5.74, 6) is -1.07. The second-order valence-corrected chi connectivity index (χ2v) is 3.53. The van der Waals surface area contributed by atoms with E-state index in [1.165, 1.54) is 12.3 Å². The fraction of sp³-hybridized carbons (Fsp3) is 0. The highest BCUT2D eigenvalue weighted by atomic mass is 16.4. The third kappa shape index (κ3) is 1.24. The van der Waals surface area contributed by atoms with Crippen molar-refractivity contribution in [2.75, 3.05) is 0 Å². The summed E-state index contributed by atoms with van der Waals surface area (Å²) in [6.07, 6.45) is 1.38. The van der Waals surface area contributed by atoms with Gasteiger partial charge >= 0.3 is 11.5 Å². The Kier molecular flexibility index (Phi) is 1.79. The van der Waals surface area contributed by atoms with Crippen molar-refractivity contribution < 1.29 is 14.3 Å². The number of benzene rings is 1. The smallest absolute Gasteiger partial charge is 0.336 e. The fourth-order valence-corrected chi connectivity index (χ4v) is 1.85. The minimum atomic E-state index is -1.07. The highest BCUT2D eigenvalue weighted by Crippen LogP contribution is 2.28. The van der Waals surface area contributed by atoms with Crippen LogP contribution in [0.1, 0.15) is 10.4 Å². The van der Waals surface area contributed by atoms with Crippen molar-refractivity contribution in [3.05, 3.63) is 40.3 Å². The molecular weight excluding hydrogens is 224 g/mol. The predicted molar refractivity (Wildman–Crippen MR) is 59.1 cm³/mol. The second kappa shape index (κ2) is 3.18. The highest BCUT2D eigenvalue weighted by Gasteiger charge is 2.16. The highest BCUT2D eigenvalue weighted by molar-refractivity contribution is 6.14. The molecule has 0 saturated carbocycles. The zero-order valence-electron chi connectivity index (χ0n) is 8.43. The molecule has 3 rings (SSSR count). The van der Waals surface area contributed by atoms with Crippen LogP contribution in [0.25, 0.3) is 21.9 Å². The van der Waals surface area contributed by atoms with E-state index in [2.05, 4.69) is 10.2 Å². The summed E-state index contributed by atoms with van der Waals surface area (Å²) in [7, 11) is 0. The lowest BCUT2D eigenvalue weighted by atomic mass is 10.1. The number of H-pyrrole nitrogens is 1. The molecule has 0 amide bonds. The van der Waals surface area contributed by atoms with E-state index >= 15 is 0 Å². The molecule has 1 aromatic carbocycles. The molecule has 6 nitrogen and oxygen atoms in total. The molecule has 17 heavy (non-hydrogen) atoms. The van der Waals surface area contributed by atoms with Crippen LogP contribution in [0.5, 0.6) is 0 Å². The van der Waals surface area contributed by atoms with E-state index in [9.17, 15) is 9.59 Å². The molecule has 0 aliphatic rings. The van der Waals surface area contributed by atoms with Crippen molar-refractivity contribution in [1.82, 2.24) is 10.2 Å². The quantitative estimate of drug-likeness (QED) is 0.658. The molecule has 3 aromatic rings. The first-order valence-electron chi connectivity index (χ1n) is 4.80. The number of aromatic nitrogens is 2. The summed E-state index contributed by atoms with van der Waals surface area (Å²) in [5, 5.41) is 15.8. The van der Waals surface area contributed by atoms with Gasteiger partial charge in [0.15, 0.2) is 0 Å². The normalized spacial score (nSPS) is 11.1. The monoisotopic (exact) mass is 230 g/mol. The number of carboxylic acid groups (broad SMARTS) is 1. The van der Waals surface area contributed by atoms with Crippen LogP contribution in [0, 0.1) is 0 Å². The molecule has 0 unspecified atom stereocenters. The second-order valence-electron chi connectivity index (χ2n) is 3.53. The molecule has 0 aliphatic heterocycles. The van der Waals surface area contributed by atoms with Gasteiger partial charge in [0.1, 0.15) is 5.58 Å². The van der Waals surface area contributed by atoms with E-state index in [-0.39, 0.29) is 11.1 Å². The van der Waals surface area contributed by atoms with Gasteiger partial charge in [0, 0.05) is 5.39 Å². The van der Waals surface area contributed by atoms with E-state index in [0.717, 1.165) is 0 Å². The Morgan fingerprint density at radius 3 is 3.00 bits per heavy atom. The summed E-state index contributed by atoms with van der Waals surface area (Å²) in [4.78, 5) is 22.6. The van der Waals surface area contributed by atoms with Crippen molar-refractivity contribution in [3.63, 3.8) is 0 Å². The number of hydrogen-bond donors (Lipinski definition) is 2. The number of aromatic carboxylic acids is 1. The van der Waals surface area contributed by atoms with Gasteiger partial charge in [-0.2, -0.15) is 5.10 Å². The Morgan fingerprint density at radius 1 is 1.41 bits per heavy atom. The van der Waals surface area contributed by atoms with Gasteiger partial charge in [-0.1, -0.05) is 6.07 Å². The van der Waals surface area contributed by atoms with Gasteiger partial charge in [-0.25, -0.2) is 9.89 Å². The number of furan rings is 1. The summed E-state index contributed by atoms with van der Waals surface area (Å²) in [6.45, 7) is 0. The molecule has 0 aliphatic carbocycles. The van der Waals surface area contributed by atoms with Crippen molar-refractivity contribution in [2.24, 2.45) is 0 Å². The Hall–Kier alpha value is -2.63. The maximum Gasteiger partial charge on any atom is 0.336 e. The van der Waals surface area contributed by atoms with E-state index in [4.69, 9.17) is 9.52 Å². The number of fused-ring (bicyclic) bond motifs is 3.